The zero-order chi connectivity index (χ0) is 20.3. The van der Waals surface area contributed by atoms with Gasteiger partial charge in [-0.3, -0.25) is 0 Å². The molecule has 1 heterocycles. The van der Waals surface area contributed by atoms with E-state index in [0.717, 1.165) is 28.8 Å². The van der Waals surface area contributed by atoms with Crippen LogP contribution in [0.3, 0.4) is 0 Å². The number of nitrogens with one attached hydrogen (secondary N) is 1. The van der Waals surface area contributed by atoms with Gasteiger partial charge in [-0.15, -0.1) is 11.3 Å². The van der Waals surface area contributed by atoms with Crippen molar-refractivity contribution in [2.45, 2.75) is 39.2 Å². The van der Waals surface area contributed by atoms with Crippen molar-refractivity contribution in [2.24, 2.45) is 0 Å². The Bertz CT molecular complexity index is 907. The lowest BCUT2D eigenvalue weighted by Gasteiger charge is -2.17. The van der Waals surface area contributed by atoms with E-state index in [2.05, 4.69) is 81.5 Å². The number of thiazole rings is 1. The number of halogens is 1. The molecule has 1 N–H and O–H groups in total. The molecule has 0 bridgehead atoms. The number of benzene rings is 2. The average molecular weight is 414 g/mol. The van der Waals surface area contributed by atoms with Gasteiger partial charge in [0.15, 0.2) is 5.13 Å². The first-order chi connectivity index (χ1) is 13.2. The van der Waals surface area contributed by atoms with Crippen molar-refractivity contribution in [1.29, 1.82) is 0 Å². The Kier molecular flexibility index (Phi) is 6.31. The van der Waals surface area contributed by atoms with Gasteiger partial charge in [0.2, 0.25) is 0 Å². The molecule has 0 saturated carbocycles. The molecule has 0 atom stereocenters. The minimum atomic E-state index is 0.00550. The zero-order valence-electron chi connectivity index (χ0n) is 17.2. The summed E-state index contributed by atoms with van der Waals surface area (Å²) in [6.45, 7) is 7.43. The van der Waals surface area contributed by atoms with Crippen LogP contribution >= 0.6 is 22.9 Å². The fourth-order valence-corrected chi connectivity index (χ4v) is 4.34. The second-order valence-corrected chi connectivity index (χ2v) is 9.78. The van der Waals surface area contributed by atoms with Crippen LogP contribution in [0.2, 0.25) is 5.02 Å². The Morgan fingerprint density at radius 3 is 2.14 bits per heavy atom. The molecule has 0 fully saturated rings. The van der Waals surface area contributed by atoms with Crippen LogP contribution in [0.25, 0.3) is 0 Å². The van der Waals surface area contributed by atoms with Gasteiger partial charge in [0.1, 0.15) is 0 Å². The van der Waals surface area contributed by atoms with E-state index in [1.165, 1.54) is 21.7 Å². The third-order valence-corrected chi connectivity index (χ3v) is 5.85. The number of hydrogen-bond donors (Lipinski definition) is 1. The van der Waals surface area contributed by atoms with E-state index in [1.54, 1.807) is 11.3 Å². The van der Waals surface area contributed by atoms with Crippen LogP contribution in [0.15, 0.2) is 48.5 Å². The monoisotopic (exact) mass is 413 g/mol. The van der Waals surface area contributed by atoms with E-state index in [1.807, 2.05) is 12.1 Å². The van der Waals surface area contributed by atoms with E-state index in [-0.39, 0.29) is 5.41 Å². The maximum absolute atomic E-state index is 6.03. The first-order valence-electron chi connectivity index (χ1n) is 9.47. The molecule has 2 aromatic carbocycles. The van der Waals surface area contributed by atoms with Crippen LogP contribution in [-0.4, -0.2) is 19.1 Å². The van der Waals surface area contributed by atoms with Gasteiger partial charge in [-0.1, -0.05) is 56.6 Å². The van der Waals surface area contributed by atoms with Gasteiger partial charge < -0.3 is 10.2 Å². The van der Waals surface area contributed by atoms with Crippen molar-refractivity contribution in [2.75, 3.05) is 24.3 Å². The Morgan fingerprint density at radius 2 is 1.57 bits per heavy atom. The predicted molar refractivity (Wildman–Crippen MR) is 123 cm³/mol. The lowest BCUT2D eigenvalue weighted by Crippen LogP contribution is -2.14. The Morgan fingerprint density at radius 1 is 0.964 bits per heavy atom. The highest BCUT2D eigenvalue weighted by molar-refractivity contribution is 7.15. The van der Waals surface area contributed by atoms with Crippen molar-refractivity contribution in [3.63, 3.8) is 0 Å². The first-order valence-corrected chi connectivity index (χ1v) is 10.7. The molecular weight excluding hydrogens is 386 g/mol. The molecule has 0 saturated heterocycles. The minimum absolute atomic E-state index is 0.00550. The normalized spacial score (nSPS) is 11.5. The molecule has 5 heteroatoms. The highest BCUT2D eigenvalue weighted by Gasteiger charge is 2.23. The first kappa shape index (κ1) is 20.7. The van der Waals surface area contributed by atoms with Crippen molar-refractivity contribution in [3.8, 4) is 0 Å². The average Bonchev–Trinajstić information content (AvgIpc) is 3.05. The lowest BCUT2D eigenvalue weighted by atomic mass is 9.90. The lowest BCUT2D eigenvalue weighted by molar-refractivity contribution is 0.568. The summed E-state index contributed by atoms with van der Waals surface area (Å²) < 4.78 is 0. The second-order valence-electron chi connectivity index (χ2n) is 8.26. The summed E-state index contributed by atoms with van der Waals surface area (Å²) >= 11 is 7.78. The van der Waals surface area contributed by atoms with Crippen LogP contribution in [0.4, 0.5) is 10.8 Å². The van der Waals surface area contributed by atoms with Crippen LogP contribution < -0.4 is 10.2 Å². The van der Waals surface area contributed by atoms with E-state index in [0.29, 0.717) is 0 Å². The third kappa shape index (κ3) is 5.27. The standard InChI is InChI=1S/C23H28ClN3S/c1-23(2,3)21-20(14-16-6-10-18(24)11-7-16)28-22(26-21)25-15-17-8-12-19(13-9-17)27(4)5/h6-13H,14-15H2,1-5H3,(H,25,26). The maximum atomic E-state index is 6.03. The molecule has 1 aromatic heterocycles. The molecule has 0 aliphatic carbocycles. The summed E-state index contributed by atoms with van der Waals surface area (Å²) in [7, 11) is 4.11. The molecule has 3 nitrogen and oxygen atoms in total. The van der Waals surface area contributed by atoms with Gasteiger partial charge in [0.25, 0.3) is 0 Å². The molecular formula is C23H28ClN3S. The fourth-order valence-electron chi connectivity index (χ4n) is 3.01. The molecule has 148 valence electrons. The minimum Gasteiger partial charge on any atom is -0.378 e. The molecule has 0 aliphatic rings. The molecule has 0 aliphatic heterocycles. The van der Waals surface area contributed by atoms with Crippen molar-refractivity contribution in [1.82, 2.24) is 4.98 Å². The highest BCUT2D eigenvalue weighted by Crippen LogP contribution is 2.34. The summed E-state index contributed by atoms with van der Waals surface area (Å²) in [6.07, 6.45) is 0.876. The highest BCUT2D eigenvalue weighted by atomic mass is 35.5. The Hall–Kier alpha value is -2.04. The number of aromatic nitrogens is 1. The van der Waals surface area contributed by atoms with Crippen molar-refractivity contribution >= 4 is 33.8 Å². The quantitative estimate of drug-likeness (QED) is 0.509. The topological polar surface area (TPSA) is 28.2 Å². The maximum Gasteiger partial charge on any atom is 0.183 e. The molecule has 28 heavy (non-hydrogen) atoms. The number of nitrogens with zero attached hydrogens (tertiary/aromatic N) is 2. The van der Waals surface area contributed by atoms with Crippen LogP contribution in [0, 0.1) is 0 Å². The smallest absolute Gasteiger partial charge is 0.183 e. The van der Waals surface area contributed by atoms with E-state index >= 15 is 0 Å². The van der Waals surface area contributed by atoms with Crippen LogP contribution in [-0.2, 0) is 18.4 Å². The molecule has 0 amide bonds. The predicted octanol–water partition coefficient (Wildman–Crippen LogP) is 6.36. The van der Waals surface area contributed by atoms with Gasteiger partial charge >= 0.3 is 0 Å². The molecule has 0 spiro atoms. The van der Waals surface area contributed by atoms with Gasteiger partial charge in [0.05, 0.1) is 5.69 Å². The summed E-state index contributed by atoms with van der Waals surface area (Å²) in [5.74, 6) is 0. The summed E-state index contributed by atoms with van der Waals surface area (Å²) in [4.78, 5) is 8.34. The molecule has 0 unspecified atom stereocenters. The number of rotatable bonds is 6. The van der Waals surface area contributed by atoms with Crippen molar-refractivity contribution in [3.05, 3.63) is 75.3 Å². The summed E-state index contributed by atoms with van der Waals surface area (Å²) in [6, 6.07) is 16.7. The number of hydrogen-bond acceptors (Lipinski definition) is 4. The molecule has 3 rings (SSSR count). The second kappa shape index (κ2) is 8.54. The molecule has 3 aromatic rings. The van der Waals surface area contributed by atoms with Crippen molar-refractivity contribution < 1.29 is 0 Å². The van der Waals surface area contributed by atoms with Crippen LogP contribution in [0.1, 0.15) is 42.5 Å². The molecule has 0 radical (unpaired) electrons. The van der Waals surface area contributed by atoms with Gasteiger partial charge in [-0.25, -0.2) is 4.98 Å². The summed E-state index contributed by atoms with van der Waals surface area (Å²) in [5, 5.41) is 5.26. The Balaban J connectivity index is 1.76. The largest absolute Gasteiger partial charge is 0.378 e. The fraction of sp³-hybridized carbons (Fsp3) is 0.348. The summed E-state index contributed by atoms with van der Waals surface area (Å²) in [5.41, 5.74) is 4.88. The zero-order valence-corrected chi connectivity index (χ0v) is 18.8. The van der Waals surface area contributed by atoms with Gasteiger partial charge in [-0.2, -0.15) is 0 Å². The SMILES string of the molecule is CN(C)c1ccc(CNc2nc(C(C)(C)C)c(Cc3ccc(Cl)cc3)s2)cc1. The van der Waals surface area contributed by atoms with E-state index < -0.39 is 0 Å². The van der Waals surface area contributed by atoms with E-state index in [9.17, 15) is 0 Å². The van der Waals surface area contributed by atoms with E-state index in [4.69, 9.17) is 16.6 Å². The number of anilines is 2. The Labute approximate surface area is 177 Å². The van der Waals surface area contributed by atoms with Gasteiger partial charge in [0, 0.05) is 48.1 Å². The third-order valence-electron chi connectivity index (χ3n) is 4.58. The van der Waals surface area contributed by atoms with Gasteiger partial charge in [-0.05, 0) is 35.4 Å². The van der Waals surface area contributed by atoms with Crippen LogP contribution in [0.5, 0.6) is 0 Å².